The van der Waals surface area contributed by atoms with Crippen LogP contribution in [0, 0.1) is 0 Å². The Morgan fingerprint density at radius 3 is 2.29 bits per heavy atom. The van der Waals surface area contributed by atoms with E-state index in [0.717, 1.165) is 24.2 Å². The van der Waals surface area contributed by atoms with Crippen LogP contribution in [0.2, 0.25) is 5.02 Å². The van der Waals surface area contributed by atoms with Gasteiger partial charge in [-0.1, -0.05) is 35.9 Å². The zero-order valence-electron chi connectivity index (χ0n) is 16.0. The van der Waals surface area contributed by atoms with E-state index in [1.54, 1.807) is 25.3 Å². The smallest absolute Gasteiger partial charge is 0.247 e. The molecular weight excluding hydrogens is 380 g/mol. The molecule has 0 spiro atoms. The summed E-state index contributed by atoms with van der Waals surface area (Å²) in [4.78, 5) is 25.7. The van der Waals surface area contributed by atoms with Gasteiger partial charge in [-0.3, -0.25) is 9.59 Å². The van der Waals surface area contributed by atoms with Crippen LogP contribution in [0.15, 0.2) is 42.5 Å². The number of rotatable bonds is 7. The maximum absolute atomic E-state index is 13.2. The Hall–Kier alpha value is -2.73. The van der Waals surface area contributed by atoms with Gasteiger partial charge in [0.25, 0.3) is 0 Å². The first-order chi connectivity index (χ1) is 13.5. The normalized spacial score (nSPS) is 15.3. The van der Waals surface area contributed by atoms with Gasteiger partial charge in [0.1, 0.15) is 17.5 Å². The first kappa shape index (κ1) is 20.0. The van der Waals surface area contributed by atoms with Crippen molar-refractivity contribution in [2.75, 3.05) is 21.3 Å². The largest absolute Gasteiger partial charge is 0.497 e. The molecule has 1 unspecified atom stereocenters. The molecule has 2 aromatic rings. The minimum Gasteiger partial charge on any atom is -0.497 e. The summed E-state index contributed by atoms with van der Waals surface area (Å²) in [7, 11) is 4.62. The van der Waals surface area contributed by atoms with E-state index in [-0.39, 0.29) is 11.8 Å². The third-order valence-corrected chi connectivity index (χ3v) is 5.54. The second-order valence-electron chi connectivity index (χ2n) is 6.69. The molecule has 0 saturated heterocycles. The number of halogens is 1. The molecule has 0 aromatic heterocycles. The predicted octanol–water partition coefficient (Wildman–Crippen LogP) is 2.99. The van der Waals surface area contributed by atoms with Gasteiger partial charge in [0.15, 0.2) is 0 Å². The number of carbonyl (C=O) groups is 2. The molecule has 1 saturated carbocycles. The molecule has 1 aliphatic rings. The molecule has 28 heavy (non-hydrogen) atoms. The molecular formula is C21H23ClN2O4. The summed E-state index contributed by atoms with van der Waals surface area (Å²) in [6, 6.07) is 11.7. The van der Waals surface area contributed by atoms with Crippen molar-refractivity contribution >= 4 is 23.4 Å². The van der Waals surface area contributed by atoms with Crippen LogP contribution in [0.25, 0.3) is 0 Å². The maximum Gasteiger partial charge on any atom is 0.247 e. The van der Waals surface area contributed by atoms with E-state index < -0.39 is 11.5 Å². The zero-order valence-corrected chi connectivity index (χ0v) is 16.8. The highest BCUT2D eigenvalue weighted by Crippen LogP contribution is 2.49. The lowest BCUT2D eigenvalue weighted by Gasteiger charge is -2.23. The molecule has 0 heterocycles. The van der Waals surface area contributed by atoms with Crippen LogP contribution < -0.4 is 20.1 Å². The summed E-state index contributed by atoms with van der Waals surface area (Å²) < 4.78 is 10.4. The fourth-order valence-corrected chi connectivity index (χ4v) is 3.60. The molecule has 6 nitrogen and oxygen atoms in total. The van der Waals surface area contributed by atoms with Crippen molar-refractivity contribution in [3.63, 3.8) is 0 Å². The fourth-order valence-electron chi connectivity index (χ4n) is 3.29. The van der Waals surface area contributed by atoms with Crippen LogP contribution in [0.3, 0.4) is 0 Å². The van der Waals surface area contributed by atoms with Crippen LogP contribution >= 0.6 is 11.6 Å². The highest BCUT2D eigenvalue weighted by molar-refractivity contribution is 6.33. The molecule has 148 valence electrons. The summed E-state index contributed by atoms with van der Waals surface area (Å²) in [6.07, 6.45) is 1.44. The average Bonchev–Trinajstić information content (AvgIpc) is 3.54. The van der Waals surface area contributed by atoms with Crippen LogP contribution in [-0.4, -0.2) is 33.1 Å². The fraction of sp³-hybridized carbons (Fsp3) is 0.333. The average molecular weight is 403 g/mol. The molecule has 2 amide bonds. The Balaban J connectivity index is 1.89. The number of hydrogen-bond donors (Lipinski definition) is 2. The summed E-state index contributed by atoms with van der Waals surface area (Å²) in [5, 5.41) is 5.77. The number of methoxy groups -OCH3 is 2. The minimum absolute atomic E-state index is 0.204. The Kier molecular flexibility index (Phi) is 5.79. The molecule has 2 N–H and O–H groups in total. The van der Waals surface area contributed by atoms with E-state index in [0.29, 0.717) is 16.3 Å². The van der Waals surface area contributed by atoms with Gasteiger partial charge < -0.3 is 20.1 Å². The van der Waals surface area contributed by atoms with Crippen LogP contribution in [0.5, 0.6) is 11.5 Å². The van der Waals surface area contributed by atoms with Crippen LogP contribution in [-0.2, 0) is 15.0 Å². The Bertz CT molecular complexity index is 878. The molecule has 1 atom stereocenters. The number of nitrogens with one attached hydrogen (secondary N) is 2. The lowest BCUT2D eigenvalue weighted by molar-refractivity contribution is -0.130. The molecule has 1 aliphatic carbocycles. The molecule has 0 radical (unpaired) electrons. The summed E-state index contributed by atoms with van der Waals surface area (Å²) in [5.41, 5.74) is 0.751. The van der Waals surface area contributed by atoms with Crippen LogP contribution in [0.1, 0.15) is 30.0 Å². The van der Waals surface area contributed by atoms with Gasteiger partial charge in [-0.2, -0.15) is 0 Å². The van der Waals surface area contributed by atoms with Crippen molar-refractivity contribution in [3.8, 4) is 11.5 Å². The molecule has 3 rings (SSSR count). The van der Waals surface area contributed by atoms with Gasteiger partial charge in [0.05, 0.1) is 24.7 Å². The van der Waals surface area contributed by atoms with Gasteiger partial charge in [-0.15, -0.1) is 0 Å². The molecule has 7 heteroatoms. The van der Waals surface area contributed by atoms with E-state index in [4.69, 9.17) is 21.1 Å². The summed E-state index contributed by atoms with van der Waals surface area (Å²) >= 11 is 6.40. The van der Waals surface area contributed by atoms with Gasteiger partial charge in [-0.05, 0) is 36.6 Å². The highest BCUT2D eigenvalue weighted by atomic mass is 35.5. The lowest BCUT2D eigenvalue weighted by Crippen LogP contribution is -2.43. The van der Waals surface area contributed by atoms with Gasteiger partial charge in [0.2, 0.25) is 11.8 Å². The Morgan fingerprint density at radius 1 is 1.07 bits per heavy atom. The van der Waals surface area contributed by atoms with Gasteiger partial charge >= 0.3 is 0 Å². The third-order valence-electron chi connectivity index (χ3n) is 5.14. The number of hydrogen-bond acceptors (Lipinski definition) is 4. The third kappa shape index (κ3) is 3.64. The number of ether oxygens (including phenoxy) is 2. The van der Waals surface area contributed by atoms with Gasteiger partial charge in [-0.25, -0.2) is 0 Å². The molecule has 1 fully saturated rings. The monoisotopic (exact) mass is 402 g/mol. The second kappa shape index (κ2) is 8.10. The second-order valence-corrected chi connectivity index (χ2v) is 7.07. The van der Waals surface area contributed by atoms with E-state index in [9.17, 15) is 9.59 Å². The molecule has 0 aliphatic heterocycles. The lowest BCUT2D eigenvalue weighted by atomic mass is 9.93. The predicted molar refractivity (Wildman–Crippen MR) is 107 cm³/mol. The number of benzene rings is 2. The first-order valence-corrected chi connectivity index (χ1v) is 9.34. The van der Waals surface area contributed by atoms with E-state index in [1.807, 2.05) is 24.3 Å². The number of likely N-dealkylation sites (N-methyl/N-ethyl adjacent to an activating group) is 1. The van der Waals surface area contributed by atoms with Crippen molar-refractivity contribution < 1.29 is 19.1 Å². The van der Waals surface area contributed by atoms with Gasteiger partial charge in [0, 0.05) is 12.6 Å². The van der Waals surface area contributed by atoms with Crippen molar-refractivity contribution in [1.29, 1.82) is 0 Å². The first-order valence-electron chi connectivity index (χ1n) is 8.96. The SMILES string of the molecule is CNC(=O)C(NC(=O)C1(c2ccc(OC)cc2)CC1)c1cccc(OC)c1Cl. The Morgan fingerprint density at radius 2 is 1.75 bits per heavy atom. The van der Waals surface area contributed by atoms with E-state index in [1.165, 1.54) is 14.2 Å². The quantitative estimate of drug-likeness (QED) is 0.746. The maximum atomic E-state index is 13.2. The van der Waals surface area contributed by atoms with E-state index in [2.05, 4.69) is 10.6 Å². The standard InChI is InChI=1S/C21H23ClN2O4/c1-23-19(25)18(15-5-4-6-16(28-3)17(15)22)24-20(26)21(11-12-21)13-7-9-14(27-2)10-8-13/h4-10,18H,11-12H2,1-3H3,(H,23,25)(H,24,26). The Labute approximate surface area is 169 Å². The highest BCUT2D eigenvalue weighted by Gasteiger charge is 2.52. The summed E-state index contributed by atoms with van der Waals surface area (Å²) in [5.74, 6) is 0.615. The number of carbonyl (C=O) groups excluding carboxylic acids is 2. The van der Waals surface area contributed by atoms with Crippen molar-refractivity contribution in [2.45, 2.75) is 24.3 Å². The molecule has 0 bridgehead atoms. The van der Waals surface area contributed by atoms with Crippen molar-refractivity contribution in [3.05, 3.63) is 58.6 Å². The topological polar surface area (TPSA) is 76.7 Å². The van der Waals surface area contributed by atoms with Crippen LogP contribution in [0.4, 0.5) is 0 Å². The number of amides is 2. The molecule has 2 aromatic carbocycles. The van der Waals surface area contributed by atoms with Crippen molar-refractivity contribution in [2.24, 2.45) is 0 Å². The zero-order chi connectivity index (χ0) is 20.3. The van der Waals surface area contributed by atoms with Crippen molar-refractivity contribution in [1.82, 2.24) is 10.6 Å². The van der Waals surface area contributed by atoms with E-state index >= 15 is 0 Å². The minimum atomic E-state index is -0.921. The summed E-state index contributed by atoms with van der Waals surface area (Å²) in [6.45, 7) is 0.